The second kappa shape index (κ2) is 6.43. The number of carbonyl (C=O) groups excluding carboxylic acids is 1. The molecule has 2 N–H and O–H groups in total. The van der Waals surface area contributed by atoms with Crippen LogP contribution in [-0.4, -0.2) is 44.2 Å². The number of hydrogen-bond acceptors (Lipinski definition) is 4. The van der Waals surface area contributed by atoms with Crippen molar-refractivity contribution in [2.24, 2.45) is 5.73 Å². The number of carbonyl (C=O) groups is 1. The minimum absolute atomic E-state index is 0.0834. The SMILES string of the molecule is CN(CCc1ccc2c(c1)OCCO2)C(=O)CCN. The first-order valence-corrected chi connectivity index (χ1v) is 6.53. The summed E-state index contributed by atoms with van der Waals surface area (Å²) in [5.41, 5.74) is 6.51. The number of benzene rings is 1. The van der Waals surface area contributed by atoms with Gasteiger partial charge in [-0.15, -0.1) is 0 Å². The lowest BCUT2D eigenvalue weighted by molar-refractivity contribution is -0.129. The van der Waals surface area contributed by atoms with Gasteiger partial charge in [0.2, 0.25) is 5.91 Å². The molecule has 1 aliphatic rings. The molecule has 2 rings (SSSR count). The Hall–Kier alpha value is -1.75. The molecule has 19 heavy (non-hydrogen) atoms. The van der Waals surface area contributed by atoms with Gasteiger partial charge in [0, 0.05) is 26.6 Å². The van der Waals surface area contributed by atoms with Gasteiger partial charge >= 0.3 is 0 Å². The molecule has 0 aromatic heterocycles. The van der Waals surface area contributed by atoms with Crippen LogP contribution < -0.4 is 15.2 Å². The summed E-state index contributed by atoms with van der Waals surface area (Å²) in [6.45, 7) is 2.26. The molecule has 0 aliphatic carbocycles. The molecule has 1 aromatic carbocycles. The minimum Gasteiger partial charge on any atom is -0.486 e. The van der Waals surface area contributed by atoms with E-state index in [9.17, 15) is 4.79 Å². The highest BCUT2D eigenvalue weighted by Gasteiger charge is 2.12. The van der Waals surface area contributed by atoms with Crippen molar-refractivity contribution in [2.75, 3.05) is 33.4 Å². The van der Waals surface area contributed by atoms with Crippen molar-refractivity contribution in [3.63, 3.8) is 0 Å². The first-order chi connectivity index (χ1) is 9.20. The van der Waals surface area contributed by atoms with Crippen molar-refractivity contribution in [1.82, 2.24) is 4.90 Å². The molecule has 1 aliphatic heterocycles. The van der Waals surface area contributed by atoms with Gasteiger partial charge in [0.15, 0.2) is 11.5 Å². The Bertz CT molecular complexity index is 448. The van der Waals surface area contributed by atoms with Crippen LogP contribution in [0, 0.1) is 0 Å². The lowest BCUT2D eigenvalue weighted by Crippen LogP contribution is -2.30. The van der Waals surface area contributed by atoms with Crippen molar-refractivity contribution in [3.8, 4) is 11.5 Å². The van der Waals surface area contributed by atoms with Crippen molar-refractivity contribution < 1.29 is 14.3 Å². The topological polar surface area (TPSA) is 64.8 Å². The van der Waals surface area contributed by atoms with Crippen LogP contribution in [-0.2, 0) is 11.2 Å². The Morgan fingerprint density at radius 2 is 2.05 bits per heavy atom. The van der Waals surface area contributed by atoms with E-state index < -0.39 is 0 Å². The summed E-state index contributed by atoms with van der Waals surface area (Å²) in [7, 11) is 1.80. The van der Waals surface area contributed by atoms with Gasteiger partial charge in [-0.2, -0.15) is 0 Å². The molecular weight excluding hydrogens is 244 g/mol. The van der Waals surface area contributed by atoms with Crippen LogP contribution >= 0.6 is 0 Å². The maximum atomic E-state index is 11.6. The largest absolute Gasteiger partial charge is 0.486 e. The van der Waals surface area contributed by atoms with E-state index in [2.05, 4.69) is 0 Å². The number of nitrogens with two attached hydrogens (primary N) is 1. The Morgan fingerprint density at radius 3 is 2.79 bits per heavy atom. The van der Waals surface area contributed by atoms with Crippen molar-refractivity contribution in [2.45, 2.75) is 12.8 Å². The van der Waals surface area contributed by atoms with E-state index >= 15 is 0 Å². The van der Waals surface area contributed by atoms with E-state index in [0.29, 0.717) is 32.7 Å². The van der Waals surface area contributed by atoms with Crippen LogP contribution in [0.4, 0.5) is 0 Å². The van der Waals surface area contributed by atoms with Crippen molar-refractivity contribution >= 4 is 5.91 Å². The van der Waals surface area contributed by atoms with Crippen LogP contribution in [0.2, 0.25) is 0 Å². The molecule has 0 bridgehead atoms. The third kappa shape index (κ3) is 3.61. The van der Waals surface area contributed by atoms with E-state index in [1.165, 1.54) is 0 Å². The fourth-order valence-corrected chi connectivity index (χ4v) is 1.98. The van der Waals surface area contributed by atoms with Crippen molar-refractivity contribution in [1.29, 1.82) is 0 Å². The molecule has 0 saturated heterocycles. The molecule has 0 saturated carbocycles. The minimum atomic E-state index is 0.0834. The molecular formula is C14H20N2O3. The lowest BCUT2D eigenvalue weighted by Gasteiger charge is -2.20. The van der Waals surface area contributed by atoms with Crippen LogP contribution in [0.1, 0.15) is 12.0 Å². The first-order valence-electron chi connectivity index (χ1n) is 6.53. The normalized spacial score (nSPS) is 13.2. The average molecular weight is 264 g/mol. The maximum absolute atomic E-state index is 11.6. The fourth-order valence-electron chi connectivity index (χ4n) is 1.98. The van der Waals surface area contributed by atoms with Gasteiger partial charge in [-0.1, -0.05) is 6.07 Å². The summed E-state index contributed by atoms with van der Waals surface area (Å²) < 4.78 is 11.0. The van der Waals surface area contributed by atoms with E-state index in [1.807, 2.05) is 18.2 Å². The molecule has 0 fully saturated rings. The van der Waals surface area contributed by atoms with Crippen LogP contribution in [0.15, 0.2) is 18.2 Å². The van der Waals surface area contributed by atoms with Crippen LogP contribution in [0.3, 0.4) is 0 Å². The Balaban J connectivity index is 1.91. The zero-order valence-electron chi connectivity index (χ0n) is 11.2. The Morgan fingerprint density at radius 1 is 1.32 bits per heavy atom. The molecule has 0 atom stereocenters. The molecule has 0 unspecified atom stereocenters. The predicted molar refractivity (Wildman–Crippen MR) is 72.4 cm³/mol. The van der Waals surface area contributed by atoms with Crippen LogP contribution in [0.25, 0.3) is 0 Å². The second-order valence-electron chi connectivity index (χ2n) is 4.58. The van der Waals surface area contributed by atoms with Gasteiger partial charge in [-0.25, -0.2) is 0 Å². The summed E-state index contributed by atoms with van der Waals surface area (Å²) in [6.07, 6.45) is 1.20. The van der Waals surface area contributed by atoms with Gasteiger partial charge in [-0.3, -0.25) is 4.79 Å². The number of likely N-dealkylation sites (N-methyl/N-ethyl adjacent to an activating group) is 1. The zero-order valence-corrected chi connectivity index (χ0v) is 11.2. The number of ether oxygens (including phenoxy) is 2. The average Bonchev–Trinajstić information content (AvgIpc) is 2.44. The van der Waals surface area contributed by atoms with Crippen LogP contribution in [0.5, 0.6) is 11.5 Å². The van der Waals surface area contributed by atoms with E-state index in [1.54, 1.807) is 11.9 Å². The maximum Gasteiger partial charge on any atom is 0.223 e. The molecule has 0 spiro atoms. The smallest absolute Gasteiger partial charge is 0.223 e. The monoisotopic (exact) mass is 264 g/mol. The summed E-state index contributed by atoms with van der Waals surface area (Å²) in [5, 5.41) is 0. The summed E-state index contributed by atoms with van der Waals surface area (Å²) >= 11 is 0. The quantitative estimate of drug-likeness (QED) is 0.854. The summed E-state index contributed by atoms with van der Waals surface area (Å²) in [5.74, 6) is 1.67. The second-order valence-corrected chi connectivity index (χ2v) is 4.58. The van der Waals surface area contributed by atoms with Gasteiger partial charge in [0.05, 0.1) is 0 Å². The third-order valence-corrected chi connectivity index (χ3v) is 3.13. The highest BCUT2D eigenvalue weighted by Crippen LogP contribution is 2.30. The molecule has 104 valence electrons. The van der Waals surface area contributed by atoms with E-state index in [4.69, 9.17) is 15.2 Å². The summed E-state index contributed by atoms with van der Waals surface area (Å²) in [4.78, 5) is 13.3. The van der Waals surface area contributed by atoms with E-state index in [0.717, 1.165) is 23.5 Å². The standard InChI is InChI=1S/C14H20N2O3/c1-16(14(17)4-6-15)7-5-11-2-3-12-13(10-11)19-9-8-18-12/h2-3,10H,4-9,15H2,1H3. The number of amides is 1. The molecule has 1 aromatic rings. The number of nitrogens with zero attached hydrogens (tertiary/aromatic N) is 1. The van der Waals surface area contributed by atoms with Gasteiger partial charge in [-0.05, 0) is 24.1 Å². The summed E-state index contributed by atoms with van der Waals surface area (Å²) in [6, 6.07) is 5.91. The predicted octanol–water partition coefficient (Wildman–Crippen LogP) is 0.808. The Labute approximate surface area is 113 Å². The van der Waals surface area contributed by atoms with E-state index in [-0.39, 0.29) is 5.91 Å². The third-order valence-electron chi connectivity index (χ3n) is 3.13. The molecule has 1 amide bonds. The van der Waals surface area contributed by atoms with Crippen molar-refractivity contribution in [3.05, 3.63) is 23.8 Å². The number of hydrogen-bond donors (Lipinski definition) is 1. The molecule has 5 heteroatoms. The highest BCUT2D eigenvalue weighted by atomic mass is 16.6. The highest BCUT2D eigenvalue weighted by molar-refractivity contribution is 5.76. The molecule has 5 nitrogen and oxygen atoms in total. The fraction of sp³-hybridized carbons (Fsp3) is 0.500. The zero-order chi connectivity index (χ0) is 13.7. The van der Waals surface area contributed by atoms with Gasteiger partial charge < -0.3 is 20.1 Å². The number of rotatable bonds is 5. The Kier molecular flexibility index (Phi) is 4.63. The molecule has 0 radical (unpaired) electrons. The lowest BCUT2D eigenvalue weighted by atomic mass is 10.1. The number of fused-ring (bicyclic) bond motifs is 1. The van der Waals surface area contributed by atoms with Gasteiger partial charge in [0.1, 0.15) is 13.2 Å². The first kappa shape index (κ1) is 13.7. The van der Waals surface area contributed by atoms with Gasteiger partial charge in [0.25, 0.3) is 0 Å². The molecule has 1 heterocycles.